The summed E-state index contributed by atoms with van der Waals surface area (Å²) in [7, 11) is 0. The third kappa shape index (κ3) is 3.57. The molecule has 0 spiro atoms. The summed E-state index contributed by atoms with van der Waals surface area (Å²) in [5.74, 6) is 0.730. The Morgan fingerprint density at radius 3 is 2.93 bits per heavy atom. The molecular weight excluding hydrogens is 303 g/mol. The molecule has 2 heterocycles. The molecule has 1 aromatic rings. The van der Waals surface area contributed by atoms with Crippen LogP contribution in [0.5, 0.6) is 0 Å². The Balaban J connectivity index is 1.71. The van der Waals surface area contributed by atoms with Gasteiger partial charge in [0.05, 0.1) is 0 Å². The number of rotatable bonds is 4. The first-order chi connectivity index (χ1) is 7.34. The number of hydrogen-bond donors (Lipinski definition) is 2. The first-order valence-corrected chi connectivity index (χ1v) is 6.37. The zero-order valence-electron chi connectivity index (χ0n) is 8.54. The Morgan fingerprint density at radius 2 is 2.27 bits per heavy atom. The first-order valence-electron chi connectivity index (χ1n) is 5.29. The lowest BCUT2D eigenvalue weighted by Gasteiger charge is -2.10. The number of halogens is 1. The van der Waals surface area contributed by atoms with E-state index in [9.17, 15) is 0 Å². The Bertz CT molecular complexity index is 295. The van der Waals surface area contributed by atoms with Gasteiger partial charge in [0, 0.05) is 28.6 Å². The van der Waals surface area contributed by atoms with Gasteiger partial charge in [-0.3, -0.25) is 0 Å². The largest absolute Gasteiger partial charge is 0.354 e. The summed E-state index contributed by atoms with van der Waals surface area (Å²) >= 11 is 2.20. The molecule has 0 radical (unpaired) electrons. The van der Waals surface area contributed by atoms with Crippen LogP contribution in [-0.2, 0) is 0 Å². The summed E-state index contributed by atoms with van der Waals surface area (Å²) in [6, 6.07) is 0.682. The van der Waals surface area contributed by atoms with Gasteiger partial charge in [-0.15, -0.1) is 0 Å². The fourth-order valence-electron chi connectivity index (χ4n) is 1.76. The highest BCUT2D eigenvalue weighted by atomic mass is 127. The Labute approximate surface area is 103 Å². The van der Waals surface area contributed by atoms with Gasteiger partial charge in [-0.1, -0.05) is 0 Å². The van der Waals surface area contributed by atoms with Gasteiger partial charge in [0.1, 0.15) is 0 Å². The highest BCUT2D eigenvalue weighted by Crippen LogP contribution is 2.09. The lowest BCUT2D eigenvalue weighted by molar-refractivity contribution is 0.573. The maximum Gasteiger partial charge on any atom is 0.222 e. The van der Waals surface area contributed by atoms with E-state index < -0.39 is 0 Å². The zero-order valence-corrected chi connectivity index (χ0v) is 10.7. The Morgan fingerprint density at radius 1 is 1.47 bits per heavy atom. The van der Waals surface area contributed by atoms with E-state index in [1.165, 1.54) is 19.4 Å². The molecular formula is C10H15IN4. The van der Waals surface area contributed by atoms with Crippen LogP contribution < -0.4 is 10.6 Å². The number of nitrogens with zero attached hydrogens (tertiary/aromatic N) is 2. The molecule has 2 rings (SSSR count). The summed E-state index contributed by atoms with van der Waals surface area (Å²) in [6.45, 7) is 2.11. The minimum absolute atomic E-state index is 0.682. The fourth-order valence-corrected chi connectivity index (χ4v) is 2.04. The van der Waals surface area contributed by atoms with Crippen LogP contribution in [0.1, 0.15) is 19.3 Å². The molecule has 5 heteroatoms. The van der Waals surface area contributed by atoms with Gasteiger partial charge in [-0.05, 0) is 48.4 Å². The highest BCUT2D eigenvalue weighted by molar-refractivity contribution is 14.1. The molecule has 0 bridgehead atoms. The highest BCUT2D eigenvalue weighted by Gasteiger charge is 2.12. The lowest BCUT2D eigenvalue weighted by Crippen LogP contribution is -2.24. The molecule has 82 valence electrons. The maximum absolute atomic E-state index is 4.19. The van der Waals surface area contributed by atoms with Crippen LogP contribution in [0.15, 0.2) is 12.4 Å². The third-order valence-electron chi connectivity index (χ3n) is 2.56. The van der Waals surface area contributed by atoms with Crippen molar-refractivity contribution >= 4 is 28.5 Å². The standard InChI is InChI=1S/C10H15IN4/c11-8-6-14-10(15-7-8)13-5-3-9-2-1-4-12-9/h6-7,9,12H,1-5H2,(H,13,14,15). The third-order valence-corrected chi connectivity index (χ3v) is 3.12. The molecule has 4 nitrogen and oxygen atoms in total. The van der Waals surface area contributed by atoms with Gasteiger partial charge < -0.3 is 10.6 Å². The van der Waals surface area contributed by atoms with Crippen LogP contribution in [0.2, 0.25) is 0 Å². The number of hydrogen-bond acceptors (Lipinski definition) is 4. The van der Waals surface area contributed by atoms with Crippen molar-refractivity contribution in [3.8, 4) is 0 Å². The maximum atomic E-state index is 4.19. The zero-order chi connectivity index (χ0) is 10.5. The average molecular weight is 318 g/mol. The SMILES string of the molecule is Ic1cnc(NCCC2CCCN2)nc1. The monoisotopic (exact) mass is 318 g/mol. The molecule has 1 fully saturated rings. The molecule has 0 amide bonds. The molecule has 15 heavy (non-hydrogen) atoms. The van der Waals surface area contributed by atoms with E-state index in [0.717, 1.165) is 22.5 Å². The summed E-state index contributed by atoms with van der Waals surface area (Å²) in [5.41, 5.74) is 0. The van der Waals surface area contributed by atoms with Gasteiger partial charge in [-0.25, -0.2) is 9.97 Å². The Hall–Kier alpha value is -0.430. The van der Waals surface area contributed by atoms with Crippen molar-refractivity contribution in [3.05, 3.63) is 16.0 Å². The predicted molar refractivity (Wildman–Crippen MR) is 68.9 cm³/mol. The van der Waals surface area contributed by atoms with Gasteiger partial charge in [0.25, 0.3) is 0 Å². The van der Waals surface area contributed by atoms with Gasteiger partial charge >= 0.3 is 0 Å². The summed E-state index contributed by atoms with van der Waals surface area (Å²) < 4.78 is 1.07. The van der Waals surface area contributed by atoms with Crippen molar-refractivity contribution in [2.24, 2.45) is 0 Å². The van der Waals surface area contributed by atoms with Crippen LogP contribution in [0.4, 0.5) is 5.95 Å². The van der Waals surface area contributed by atoms with Gasteiger partial charge in [0.15, 0.2) is 0 Å². The van der Waals surface area contributed by atoms with E-state index in [2.05, 4.69) is 43.2 Å². The summed E-state index contributed by atoms with van der Waals surface area (Å²) in [5, 5.41) is 6.70. The molecule has 1 atom stereocenters. The molecule has 2 N–H and O–H groups in total. The van der Waals surface area contributed by atoms with Crippen molar-refractivity contribution in [2.45, 2.75) is 25.3 Å². The van der Waals surface area contributed by atoms with E-state index in [4.69, 9.17) is 0 Å². The quantitative estimate of drug-likeness (QED) is 0.829. The van der Waals surface area contributed by atoms with Crippen LogP contribution in [0.25, 0.3) is 0 Å². The second-order valence-electron chi connectivity index (χ2n) is 3.73. The van der Waals surface area contributed by atoms with Crippen LogP contribution in [0.3, 0.4) is 0 Å². The summed E-state index contributed by atoms with van der Waals surface area (Å²) in [4.78, 5) is 8.38. The van der Waals surface area contributed by atoms with Crippen molar-refractivity contribution in [3.63, 3.8) is 0 Å². The van der Waals surface area contributed by atoms with E-state index in [0.29, 0.717) is 6.04 Å². The molecule has 0 aliphatic carbocycles. The average Bonchev–Trinajstić information content (AvgIpc) is 2.74. The van der Waals surface area contributed by atoms with E-state index in [1.54, 1.807) is 0 Å². The second kappa shape index (κ2) is 5.60. The van der Waals surface area contributed by atoms with Crippen LogP contribution >= 0.6 is 22.6 Å². The van der Waals surface area contributed by atoms with Crippen LogP contribution in [0, 0.1) is 3.57 Å². The smallest absolute Gasteiger partial charge is 0.222 e. The Kier molecular flexibility index (Phi) is 4.13. The van der Waals surface area contributed by atoms with E-state index in [-0.39, 0.29) is 0 Å². The minimum atomic E-state index is 0.682. The second-order valence-corrected chi connectivity index (χ2v) is 4.98. The number of anilines is 1. The summed E-state index contributed by atoms with van der Waals surface area (Å²) in [6.07, 6.45) is 7.41. The lowest BCUT2D eigenvalue weighted by atomic mass is 10.1. The molecule has 1 aromatic heterocycles. The van der Waals surface area contributed by atoms with Crippen LogP contribution in [-0.4, -0.2) is 29.1 Å². The predicted octanol–water partition coefficient (Wildman–Crippen LogP) is 1.64. The number of nitrogens with one attached hydrogen (secondary N) is 2. The number of aromatic nitrogens is 2. The first kappa shape index (κ1) is 11.1. The van der Waals surface area contributed by atoms with Gasteiger partial charge in [-0.2, -0.15) is 0 Å². The molecule has 1 saturated heterocycles. The molecule has 0 saturated carbocycles. The van der Waals surface area contributed by atoms with Crippen molar-refractivity contribution in [1.29, 1.82) is 0 Å². The van der Waals surface area contributed by atoms with Crippen molar-refractivity contribution < 1.29 is 0 Å². The molecule has 1 unspecified atom stereocenters. The molecule has 1 aliphatic heterocycles. The van der Waals surface area contributed by atoms with Crippen molar-refractivity contribution in [1.82, 2.24) is 15.3 Å². The fraction of sp³-hybridized carbons (Fsp3) is 0.600. The van der Waals surface area contributed by atoms with Gasteiger partial charge in [0.2, 0.25) is 5.95 Å². The molecule has 1 aliphatic rings. The normalized spacial score (nSPS) is 20.5. The topological polar surface area (TPSA) is 49.8 Å². The molecule has 0 aromatic carbocycles. The minimum Gasteiger partial charge on any atom is -0.354 e. The van der Waals surface area contributed by atoms with E-state index in [1.807, 2.05) is 12.4 Å². The van der Waals surface area contributed by atoms with E-state index >= 15 is 0 Å². The van der Waals surface area contributed by atoms with Crippen molar-refractivity contribution in [2.75, 3.05) is 18.4 Å².